The average molecular weight is 337 g/mol. The summed E-state index contributed by atoms with van der Waals surface area (Å²) in [7, 11) is -3.45. The third-order valence-corrected chi connectivity index (χ3v) is 6.35. The van der Waals surface area contributed by atoms with Gasteiger partial charge in [-0.05, 0) is 23.6 Å². The molecule has 0 bridgehead atoms. The fraction of sp³-hybridized carbons (Fsp3) is 0.0769. The minimum atomic E-state index is -3.45. The molecule has 3 aromatic heterocycles. The summed E-state index contributed by atoms with van der Waals surface area (Å²) in [5.41, 5.74) is 1.47. The third-order valence-electron chi connectivity index (χ3n) is 2.64. The Bertz CT molecular complexity index is 811. The Morgan fingerprint density at radius 1 is 1.14 bits per heavy atom. The van der Waals surface area contributed by atoms with Gasteiger partial charge in [0.15, 0.2) is 0 Å². The average Bonchev–Trinajstić information content (AvgIpc) is 3.18. The van der Waals surface area contributed by atoms with Crippen LogP contribution in [0.15, 0.2) is 51.5 Å². The highest BCUT2D eigenvalue weighted by molar-refractivity contribution is 7.91. The van der Waals surface area contributed by atoms with E-state index in [9.17, 15) is 8.42 Å². The number of thiazole rings is 1. The van der Waals surface area contributed by atoms with Crippen LogP contribution >= 0.6 is 22.7 Å². The summed E-state index contributed by atoms with van der Waals surface area (Å²) in [4.78, 5) is 8.62. The molecule has 3 heterocycles. The normalized spacial score (nSPS) is 11.6. The standard InChI is InChI=1S/C13H11N3O2S3/c17-21(18,12-5-3-7-19-12)15-8-10-9-20-13(16-10)11-4-1-2-6-14-11/h1-7,9,15H,8H2. The van der Waals surface area contributed by atoms with Crippen molar-refractivity contribution in [2.45, 2.75) is 10.8 Å². The van der Waals surface area contributed by atoms with Crippen molar-refractivity contribution in [2.24, 2.45) is 0 Å². The molecule has 5 nitrogen and oxygen atoms in total. The lowest BCUT2D eigenvalue weighted by atomic mass is 10.4. The number of hydrogen-bond donors (Lipinski definition) is 1. The highest BCUT2D eigenvalue weighted by Gasteiger charge is 2.15. The molecule has 0 radical (unpaired) electrons. The van der Waals surface area contributed by atoms with Crippen molar-refractivity contribution in [1.82, 2.24) is 14.7 Å². The zero-order valence-corrected chi connectivity index (χ0v) is 13.2. The Kier molecular flexibility index (Phi) is 4.11. The molecule has 1 N–H and O–H groups in total. The monoisotopic (exact) mass is 337 g/mol. The van der Waals surface area contributed by atoms with E-state index in [0.29, 0.717) is 9.90 Å². The van der Waals surface area contributed by atoms with Gasteiger partial charge in [0, 0.05) is 11.6 Å². The van der Waals surface area contributed by atoms with Gasteiger partial charge in [0.2, 0.25) is 10.0 Å². The van der Waals surface area contributed by atoms with E-state index in [1.165, 1.54) is 22.7 Å². The molecule has 0 saturated carbocycles. The van der Waals surface area contributed by atoms with Gasteiger partial charge in [-0.25, -0.2) is 18.1 Å². The summed E-state index contributed by atoms with van der Waals surface area (Å²) < 4.78 is 26.9. The molecule has 0 amide bonds. The van der Waals surface area contributed by atoms with Gasteiger partial charge < -0.3 is 0 Å². The number of nitrogens with zero attached hydrogens (tertiary/aromatic N) is 2. The van der Waals surface area contributed by atoms with E-state index < -0.39 is 10.0 Å². The summed E-state index contributed by atoms with van der Waals surface area (Å²) in [5, 5.41) is 4.35. The van der Waals surface area contributed by atoms with Crippen LogP contribution in [-0.2, 0) is 16.6 Å². The predicted octanol–water partition coefficient (Wildman–Crippen LogP) is 2.75. The number of aromatic nitrogens is 2. The first-order valence-electron chi connectivity index (χ1n) is 6.04. The van der Waals surface area contributed by atoms with Gasteiger partial charge >= 0.3 is 0 Å². The van der Waals surface area contributed by atoms with Crippen molar-refractivity contribution in [3.05, 3.63) is 53.0 Å². The second-order valence-electron chi connectivity index (χ2n) is 4.12. The number of sulfonamides is 1. The molecule has 0 aliphatic rings. The molecule has 0 spiro atoms. The van der Waals surface area contributed by atoms with Crippen LogP contribution in [0.1, 0.15) is 5.69 Å². The van der Waals surface area contributed by atoms with Crippen molar-refractivity contribution in [3.8, 4) is 10.7 Å². The van der Waals surface area contributed by atoms with Crippen LogP contribution in [0.5, 0.6) is 0 Å². The predicted molar refractivity (Wildman–Crippen MR) is 83.7 cm³/mol. The van der Waals surface area contributed by atoms with Gasteiger partial charge in [-0.1, -0.05) is 12.1 Å². The minimum absolute atomic E-state index is 0.170. The minimum Gasteiger partial charge on any atom is -0.254 e. The molecule has 0 atom stereocenters. The number of pyridine rings is 1. The summed E-state index contributed by atoms with van der Waals surface area (Å²) >= 11 is 2.63. The van der Waals surface area contributed by atoms with Crippen molar-refractivity contribution in [2.75, 3.05) is 0 Å². The lowest BCUT2D eigenvalue weighted by molar-refractivity contribution is 0.583. The van der Waals surface area contributed by atoms with Crippen LogP contribution in [0.2, 0.25) is 0 Å². The van der Waals surface area contributed by atoms with E-state index in [1.807, 2.05) is 23.6 Å². The molecule has 0 aromatic carbocycles. The van der Waals surface area contributed by atoms with E-state index >= 15 is 0 Å². The zero-order chi connectivity index (χ0) is 14.7. The molecule has 3 aromatic rings. The molecule has 21 heavy (non-hydrogen) atoms. The Morgan fingerprint density at radius 2 is 2.05 bits per heavy atom. The van der Waals surface area contributed by atoms with E-state index in [0.717, 1.165) is 10.7 Å². The SMILES string of the molecule is O=S(=O)(NCc1csc(-c2ccccn2)n1)c1cccs1. The Hall–Kier alpha value is -1.61. The second-order valence-corrected chi connectivity index (χ2v) is 7.92. The van der Waals surface area contributed by atoms with E-state index in [1.54, 1.807) is 23.7 Å². The van der Waals surface area contributed by atoms with Crippen molar-refractivity contribution in [1.29, 1.82) is 0 Å². The lowest BCUT2D eigenvalue weighted by Gasteiger charge is -2.02. The Balaban J connectivity index is 1.71. The maximum Gasteiger partial charge on any atom is 0.250 e. The fourth-order valence-electron chi connectivity index (χ4n) is 1.65. The van der Waals surface area contributed by atoms with Gasteiger partial charge in [0.05, 0.1) is 17.9 Å². The zero-order valence-electron chi connectivity index (χ0n) is 10.8. The Morgan fingerprint density at radius 3 is 2.76 bits per heavy atom. The largest absolute Gasteiger partial charge is 0.254 e. The maximum atomic E-state index is 12.0. The van der Waals surface area contributed by atoms with Crippen molar-refractivity contribution in [3.63, 3.8) is 0 Å². The molecular weight excluding hydrogens is 326 g/mol. The van der Waals surface area contributed by atoms with Gasteiger partial charge in [0.25, 0.3) is 0 Å². The van der Waals surface area contributed by atoms with Gasteiger partial charge in [0.1, 0.15) is 9.22 Å². The fourth-order valence-corrected chi connectivity index (χ4v) is 4.48. The lowest BCUT2D eigenvalue weighted by Crippen LogP contribution is -2.22. The van der Waals surface area contributed by atoms with E-state index in [4.69, 9.17) is 0 Å². The Labute approximate surface area is 130 Å². The second kappa shape index (κ2) is 6.02. The van der Waals surface area contributed by atoms with Crippen LogP contribution in [0.25, 0.3) is 10.7 Å². The van der Waals surface area contributed by atoms with Gasteiger partial charge in [-0.2, -0.15) is 0 Å². The maximum absolute atomic E-state index is 12.0. The van der Waals surface area contributed by atoms with Crippen LogP contribution in [0.3, 0.4) is 0 Å². The highest BCUT2D eigenvalue weighted by Crippen LogP contribution is 2.22. The highest BCUT2D eigenvalue weighted by atomic mass is 32.2. The molecule has 0 fully saturated rings. The molecule has 0 saturated heterocycles. The first-order valence-corrected chi connectivity index (χ1v) is 9.28. The number of hydrogen-bond acceptors (Lipinski definition) is 6. The smallest absolute Gasteiger partial charge is 0.250 e. The van der Waals surface area contributed by atoms with Crippen LogP contribution in [-0.4, -0.2) is 18.4 Å². The molecule has 8 heteroatoms. The van der Waals surface area contributed by atoms with Crippen LogP contribution in [0, 0.1) is 0 Å². The molecule has 3 rings (SSSR count). The van der Waals surface area contributed by atoms with Crippen molar-refractivity contribution >= 4 is 32.7 Å². The number of nitrogens with one attached hydrogen (secondary N) is 1. The van der Waals surface area contributed by atoms with Crippen LogP contribution in [0.4, 0.5) is 0 Å². The molecule has 0 aliphatic heterocycles. The first-order chi connectivity index (χ1) is 10.1. The quantitative estimate of drug-likeness (QED) is 0.777. The molecule has 0 aliphatic carbocycles. The van der Waals surface area contributed by atoms with Crippen LogP contribution < -0.4 is 4.72 Å². The third kappa shape index (κ3) is 3.35. The molecule has 0 unspecified atom stereocenters. The topological polar surface area (TPSA) is 72.0 Å². The van der Waals surface area contributed by atoms with Gasteiger partial charge in [-0.3, -0.25) is 4.98 Å². The molecular formula is C13H11N3O2S3. The molecule has 108 valence electrons. The van der Waals surface area contributed by atoms with Crippen molar-refractivity contribution < 1.29 is 8.42 Å². The van der Waals surface area contributed by atoms with Gasteiger partial charge in [-0.15, -0.1) is 22.7 Å². The first kappa shape index (κ1) is 14.3. The number of rotatable bonds is 5. The summed E-state index contributed by atoms with van der Waals surface area (Å²) in [6.45, 7) is 0.170. The summed E-state index contributed by atoms with van der Waals surface area (Å²) in [6, 6.07) is 8.89. The summed E-state index contributed by atoms with van der Waals surface area (Å²) in [5.74, 6) is 0. The van der Waals surface area contributed by atoms with E-state index in [2.05, 4.69) is 14.7 Å². The van der Waals surface area contributed by atoms with E-state index in [-0.39, 0.29) is 6.54 Å². The summed E-state index contributed by atoms with van der Waals surface area (Å²) in [6.07, 6.45) is 1.70. The number of thiophene rings is 1.